The summed E-state index contributed by atoms with van der Waals surface area (Å²) in [7, 11) is 0. The monoisotopic (exact) mass is 512 g/mol. The average molecular weight is 514 g/mol. The number of halogens is 2. The van der Waals surface area contributed by atoms with E-state index < -0.39 is 36.2 Å². The molecule has 0 aromatic heterocycles. The van der Waals surface area contributed by atoms with Crippen LogP contribution in [0.5, 0.6) is 0 Å². The second-order valence-electron chi connectivity index (χ2n) is 6.76. The van der Waals surface area contributed by atoms with Crippen LogP contribution in [0, 0.1) is 0 Å². The second-order valence-corrected chi connectivity index (χ2v) is 8.05. The molecule has 2 rings (SSSR count). The standard InChI is InChI=1S/C21H22BrClN2O6/c1-12(26)18(25-21(30)31-11-13-5-3-2-4-6-13)19(27)24-17(20(28)29)10-14-9-15(23)7-8-16(14)22/h2-9,12,17-18,26H,10-11H2,1H3,(H,24,27)(H,25,30)(H,28,29)/t12-,17+,18+/m1/s1. The number of aliphatic hydroxyl groups excluding tert-OH is 1. The van der Waals surface area contributed by atoms with Crippen LogP contribution < -0.4 is 10.6 Å². The number of hydrogen-bond acceptors (Lipinski definition) is 5. The van der Waals surface area contributed by atoms with Crippen LogP contribution in [0.3, 0.4) is 0 Å². The number of carboxylic acid groups (broad SMARTS) is 1. The van der Waals surface area contributed by atoms with E-state index in [1.54, 1.807) is 42.5 Å². The van der Waals surface area contributed by atoms with Gasteiger partial charge in [-0.05, 0) is 36.2 Å². The van der Waals surface area contributed by atoms with Crippen molar-refractivity contribution in [3.8, 4) is 0 Å². The first-order valence-corrected chi connectivity index (χ1v) is 10.5. The zero-order chi connectivity index (χ0) is 23.0. The van der Waals surface area contributed by atoms with Crippen molar-refractivity contribution in [1.82, 2.24) is 10.6 Å². The SMILES string of the molecule is C[C@@H](O)[C@H](NC(=O)OCc1ccccc1)C(=O)N[C@@H](Cc1cc(Cl)ccc1Br)C(=O)O. The van der Waals surface area contributed by atoms with E-state index in [1.165, 1.54) is 6.92 Å². The summed E-state index contributed by atoms with van der Waals surface area (Å²) in [6.07, 6.45) is -2.28. The Morgan fingerprint density at radius 3 is 2.42 bits per heavy atom. The first kappa shape index (κ1) is 24.6. The summed E-state index contributed by atoms with van der Waals surface area (Å²) >= 11 is 9.28. The molecule has 3 atom stereocenters. The van der Waals surface area contributed by atoms with E-state index in [4.69, 9.17) is 16.3 Å². The molecule has 0 radical (unpaired) electrons. The van der Waals surface area contributed by atoms with Gasteiger partial charge in [0.2, 0.25) is 5.91 Å². The predicted molar refractivity (Wildman–Crippen MR) is 118 cm³/mol. The molecule has 0 heterocycles. The number of alkyl carbamates (subject to hydrolysis) is 1. The van der Waals surface area contributed by atoms with Gasteiger partial charge >= 0.3 is 12.1 Å². The Morgan fingerprint density at radius 1 is 1.13 bits per heavy atom. The number of benzene rings is 2. The molecule has 2 aromatic carbocycles. The number of aliphatic carboxylic acids is 1. The maximum Gasteiger partial charge on any atom is 0.408 e. The lowest BCUT2D eigenvalue weighted by atomic mass is 10.0. The zero-order valence-electron chi connectivity index (χ0n) is 16.5. The molecule has 0 aliphatic heterocycles. The van der Waals surface area contributed by atoms with Crippen molar-refractivity contribution in [2.45, 2.75) is 38.1 Å². The highest BCUT2D eigenvalue weighted by atomic mass is 79.9. The van der Waals surface area contributed by atoms with Gasteiger partial charge in [0, 0.05) is 15.9 Å². The number of nitrogens with one attached hydrogen (secondary N) is 2. The summed E-state index contributed by atoms with van der Waals surface area (Å²) in [4.78, 5) is 36.3. The summed E-state index contributed by atoms with van der Waals surface area (Å²) in [6.45, 7) is 1.27. The minimum absolute atomic E-state index is 0.0264. The fourth-order valence-electron chi connectivity index (χ4n) is 2.68. The highest BCUT2D eigenvalue weighted by molar-refractivity contribution is 9.10. The smallest absolute Gasteiger partial charge is 0.408 e. The van der Waals surface area contributed by atoms with Crippen LogP contribution in [-0.2, 0) is 27.4 Å². The lowest BCUT2D eigenvalue weighted by molar-refractivity contribution is -0.142. The molecule has 31 heavy (non-hydrogen) atoms. The van der Waals surface area contributed by atoms with Crippen LogP contribution in [0.2, 0.25) is 5.02 Å². The minimum Gasteiger partial charge on any atom is -0.480 e. The van der Waals surface area contributed by atoms with Crippen LogP contribution in [0.25, 0.3) is 0 Å². The van der Waals surface area contributed by atoms with E-state index in [9.17, 15) is 24.6 Å². The maximum absolute atomic E-state index is 12.6. The van der Waals surface area contributed by atoms with Crippen molar-refractivity contribution in [2.24, 2.45) is 0 Å². The molecule has 0 spiro atoms. The number of carbonyl (C=O) groups excluding carboxylic acids is 2. The molecular formula is C21H22BrClN2O6. The number of rotatable bonds is 9. The molecule has 0 bridgehead atoms. The lowest BCUT2D eigenvalue weighted by Gasteiger charge is -2.23. The molecule has 10 heteroatoms. The van der Waals surface area contributed by atoms with Crippen LogP contribution in [0.15, 0.2) is 53.0 Å². The van der Waals surface area contributed by atoms with Crippen LogP contribution in [-0.4, -0.2) is 46.4 Å². The first-order valence-electron chi connectivity index (χ1n) is 9.29. The Hall–Kier alpha value is -2.62. The first-order chi connectivity index (χ1) is 14.7. The van der Waals surface area contributed by atoms with E-state index in [2.05, 4.69) is 26.6 Å². The molecule has 0 saturated heterocycles. The van der Waals surface area contributed by atoms with Gasteiger partial charge in [-0.1, -0.05) is 57.9 Å². The third-order valence-corrected chi connectivity index (χ3v) is 5.31. The third kappa shape index (κ3) is 7.86. The maximum atomic E-state index is 12.6. The summed E-state index contributed by atoms with van der Waals surface area (Å²) in [5.41, 5.74) is 1.32. The van der Waals surface area contributed by atoms with Crippen molar-refractivity contribution in [1.29, 1.82) is 0 Å². The van der Waals surface area contributed by atoms with Gasteiger partial charge in [-0.2, -0.15) is 0 Å². The summed E-state index contributed by atoms with van der Waals surface area (Å²) < 4.78 is 5.69. The quantitative estimate of drug-likeness (QED) is 0.409. The van der Waals surface area contributed by atoms with Gasteiger partial charge in [-0.15, -0.1) is 0 Å². The number of aliphatic hydroxyl groups is 1. The number of ether oxygens (including phenoxy) is 1. The largest absolute Gasteiger partial charge is 0.480 e. The van der Waals surface area contributed by atoms with E-state index >= 15 is 0 Å². The Balaban J connectivity index is 2.02. The summed E-state index contributed by atoms with van der Waals surface area (Å²) in [5, 5.41) is 24.5. The molecule has 0 fully saturated rings. The van der Waals surface area contributed by atoms with Crippen molar-refractivity contribution in [3.05, 3.63) is 69.2 Å². The van der Waals surface area contributed by atoms with Crippen LogP contribution in [0.4, 0.5) is 4.79 Å². The Kier molecular flexibility index (Phi) is 9.29. The molecular weight excluding hydrogens is 492 g/mol. The number of carboxylic acids is 1. The van der Waals surface area contributed by atoms with Gasteiger partial charge < -0.3 is 25.6 Å². The molecule has 0 aliphatic rings. The molecule has 166 valence electrons. The van der Waals surface area contributed by atoms with Crippen molar-refractivity contribution >= 4 is 45.5 Å². The van der Waals surface area contributed by atoms with E-state index in [-0.39, 0.29) is 13.0 Å². The fourth-order valence-corrected chi connectivity index (χ4v) is 3.28. The fraction of sp³-hybridized carbons (Fsp3) is 0.286. The molecule has 0 saturated carbocycles. The molecule has 8 nitrogen and oxygen atoms in total. The highest BCUT2D eigenvalue weighted by Gasteiger charge is 2.30. The molecule has 2 amide bonds. The Morgan fingerprint density at radius 2 is 1.81 bits per heavy atom. The normalized spacial score (nSPS) is 13.5. The van der Waals surface area contributed by atoms with Crippen molar-refractivity contribution in [2.75, 3.05) is 0 Å². The number of amides is 2. The van der Waals surface area contributed by atoms with E-state index in [0.717, 1.165) is 5.56 Å². The van der Waals surface area contributed by atoms with Gasteiger partial charge in [-0.25, -0.2) is 9.59 Å². The summed E-state index contributed by atoms with van der Waals surface area (Å²) in [5.74, 6) is -2.14. The average Bonchev–Trinajstić information content (AvgIpc) is 2.72. The number of hydrogen-bond donors (Lipinski definition) is 4. The van der Waals surface area contributed by atoms with E-state index in [1.807, 2.05) is 6.07 Å². The highest BCUT2D eigenvalue weighted by Crippen LogP contribution is 2.22. The van der Waals surface area contributed by atoms with Gasteiger partial charge in [0.15, 0.2) is 0 Å². The molecule has 2 aromatic rings. The van der Waals surface area contributed by atoms with E-state index in [0.29, 0.717) is 15.1 Å². The Bertz CT molecular complexity index is 925. The predicted octanol–water partition coefficient (Wildman–Crippen LogP) is 2.89. The summed E-state index contributed by atoms with van der Waals surface area (Å²) in [6, 6.07) is 11.1. The van der Waals surface area contributed by atoms with Gasteiger partial charge in [-0.3, -0.25) is 4.79 Å². The molecule has 0 aliphatic carbocycles. The topological polar surface area (TPSA) is 125 Å². The van der Waals surface area contributed by atoms with Gasteiger partial charge in [0.1, 0.15) is 18.7 Å². The minimum atomic E-state index is -1.41. The Labute approximate surface area is 192 Å². The second kappa shape index (κ2) is 11.7. The van der Waals surface area contributed by atoms with Crippen LogP contribution in [0.1, 0.15) is 18.1 Å². The zero-order valence-corrected chi connectivity index (χ0v) is 18.9. The van der Waals surface area contributed by atoms with Crippen molar-refractivity contribution < 1.29 is 29.3 Å². The molecule has 4 N–H and O–H groups in total. The van der Waals surface area contributed by atoms with Gasteiger partial charge in [0.25, 0.3) is 0 Å². The molecule has 0 unspecified atom stereocenters. The van der Waals surface area contributed by atoms with Crippen molar-refractivity contribution in [3.63, 3.8) is 0 Å². The third-order valence-electron chi connectivity index (χ3n) is 4.30. The lowest BCUT2D eigenvalue weighted by Crippen LogP contribution is -2.56. The number of carbonyl (C=O) groups is 3. The van der Waals surface area contributed by atoms with Crippen LogP contribution >= 0.6 is 27.5 Å². The van der Waals surface area contributed by atoms with Gasteiger partial charge in [0.05, 0.1) is 6.10 Å².